The molecule has 2 heteroatoms. The van der Waals surface area contributed by atoms with Crippen LogP contribution in [0.5, 0.6) is 0 Å². The van der Waals surface area contributed by atoms with E-state index in [0.717, 1.165) is 30.6 Å². The van der Waals surface area contributed by atoms with Crippen LogP contribution in [-0.4, -0.2) is 4.98 Å². The summed E-state index contributed by atoms with van der Waals surface area (Å²) in [5.41, 5.74) is 15.1. The minimum atomic E-state index is 0.927. The SMILES string of the molecule is Nc1c(CCc2ccccn2)ccc2c1Cc1ccccc1-2. The summed E-state index contributed by atoms with van der Waals surface area (Å²) in [6.07, 6.45) is 4.66. The van der Waals surface area contributed by atoms with Gasteiger partial charge in [0.25, 0.3) is 0 Å². The molecule has 0 fully saturated rings. The number of anilines is 1. The maximum absolute atomic E-state index is 6.46. The number of aromatic nitrogens is 1. The molecule has 1 aliphatic carbocycles. The minimum absolute atomic E-state index is 0.927. The molecule has 1 heterocycles. The maximum Gasteiger partial charge on any atom is 0.0406 e. The van der Waals surface area contributed by atoms with Crippen LogP contribution in [0.1, 0.15) is 22.4 Å². The Balaban J connectivity index is 1.63. The zero-order valence-electron chi connectivity index (χ0n) is 12.4. The topological polar surface area (TPSA) is 38.9 Å². The Morgan fingerprint density at radius 1 is 0.864 bits per heavy atom. The van der Waals surface area contributed by atoms with Gasteiger partial charge in [0.2, 0.25) is 0 Å². The van der Waals surface area contributed by atoms with E-state index in [9.17, 15) is 0 Å². The van der Waals surface area contributed by atoms with Gasteiger partial charge in [-0.2, -0.15) is 0 Å². The number of aryl methyl sites for hydroxylation is 2. The van der Waals surface area contributed by atoms with E-state index in [1.165, 1.54) is 27.8 Å². The molecule has 0 saturated heterocycles. The van der Waals surface area contributed by atoms with E-state index < -0.39 is 0 Å². The third-order valence-electron chi connectivity index (χ3n) is 4.50. The first-order chi connectivity index (χ1) is 10.8. The van der Waals surface area contributed by atoms with Gasteiger partial charge in [0.05, 0.1) is 0 Å². The highest BCUT2D eigenvalue weighted by molar-refractivity contribution is 5.82. The number of benzene rings is 2. The molecular weight excluding hydrogens is 268 g/mol. The summed E-state index contributed by atoms with van der Waals surface area (Å²) in [4.78, 5) is 4.39. The molecule has 0 aliphatic heterocycles. The van der Waals surface area contributed by atoms with Gasteiger partial charge in [0.15, 0.2) is 0 Å². The standard InChI is InChI=1S/C20H18N2/c21-20-14(8-10-16-6-3-4-12-22-16)9-11-18-17-7-2-1-5-15(17)13-19(18)20/h1-7,9,11-12H,8,10,13,21H2. The molecule has 1 aromatic heterocycles. The predicted octanol–water partition coefficient (Wildman–Crippen LogP) is 4.02. The first kappa shape index (κ1) is 13.1. The Bertz CT molecular complexity index is 822. The van der Waals surface area contributed by atoms with Crippen LogP contribution in [0.3, 0.4) is 0 Å². The lowest BCUT2D eigenvalue weighted by molar-refractivity contribution is 0.914. The average Bonchev–Trinajstić information content (AvgIpc) is 2.95. The fraction of sp³-hybridized carbons (Fsp3) is 0.150. The van der Waals surface area contributed by atoms with E-state index in [0.29, 0.717) is 0 Å². The third kappa shape index (κ3) is 2.17. The first-order valence-electron chi connectivity index (χ1n) is 7.71. The van der Waals surface area contributed by atoms with E-state index >= 15 is 0 Å². The fourth-order valence-electron chi connectivity index (χ4n) is 3.31. The molecule has 22 heavy (non-hydrogen) atoms. The summed E-state index contributed by atoms with van der Waals surface area (Å²) in [7, 11) is 0. The maximum atomic E-state index is 6.46. The second-order valence-electron chi connectivity index (χ2n) is 5.82. The number of nitrogens with zero attached hydrogens (tertiary/aromatic N) is 1. The lowest BCUT2D eigenvalue weighted by atomic mass is 9.98. The second kappa shape index (κ2) is 5.30. The Hall–Kier alpha value is -2.61. The van der Waals surface area contributed by atoms with Gasteiger partial charge < -0.3 is 5.73 Å². The third-order valence-corrected chi connectivity index (χ3v) is 4.50. The van der Waals surface area contributed by atoms with Crippen molar-refractivity contribution in [1.29, 1.82) is 0 Å². The monoisotopic (exact) mass is 286 g/mol. The van der Waals surface area contributed by atoms with Crippen molar-refractivity contribution in [2.45, 2.75) is 19.3 Å². The fourth-order valence-corrected chi connectivity index (χ4v) is 3.31. The van der Waals surface area contributed by atoms with Crippen molar-refractivity contribution in [2.24, 2.45) is 0 Å². The van der Waals surface area contributed by atoms with E-state index in [1.54, 1.807) is 0 Å². The van der Waals surface area contributed by atoms with Gasteiger partial charge in [-0.3, -0.25) is 4.98 Å². The number of hydrogen-bond acceptors (Lipinski definition) is 2. The van der Waals surface area contributed by atoms with Crippen molar-refractivity contribution < 1.29 is 0 Å². The molecule has 0 saturated carbocycles. The first-order valence-corrected chi connectivity index (χ1v) is 7.71. The summed E-state index contributed by atoms with van der Waals surface area (Å²) in [5.74, 6) is 0. The molecule has 108 valence electrons. The van der Waals surface area contributed by atoms with Crippen LogP contribution in [-0.2, 0) is 19.3 Å². The van der Waals surface area contributed by atoms with Crippen LogP contribution in [0.15, 0.2) is 60.8 Å². The molecule has 0 unspecified atom stereocenters. The number of nitrogen functional groups attached to an aromatic ring is 1. The van der Waals surface area contributed by atoms with Gasteiger partial charge in [-0.1, -0.05) is 42.5 Å². The molecule has 0 spiro atoms. The number of pyridine rings is 1. The predicted molar refractivity (Wildman–Crippen MR) is 90.7 cm³/mol. The van der Waals surface area contributed by atoms with Crippen molar-refractivity contribution in [1.82, 2.24) is 4.98 Å². The molecule has 1 aliphatic rings. The van der Waals surface area contributed by atoms with Crippen molar-refractivity contribution in [3.63, 3.8) is 0 Å². The normalized spacial score (nSPS) is 12.0. The van der Waals surface area contributed by atoms with Crippen molar-refractivity contribution in [2.75, 3.05) is 5.73 Å². The lowest BCUT2D eigenvalue weighted by Crippen LogP contribution is -2.02. The zero-order chi connectivity index (χ0) is 14.9. The molecular formula is C20H18N2. The van der Waals surface area contributed by atoms with Crippen LogP contribution < -0.4 is 5.73 Å². The molecule has 0 amide bonds. The Kier molecular flexibility index (Phi) is 3.15. The molecule has 0 radical (unpaired) electrons. The average molecular weight is 286 g/mol. The van der Waals surface area contributed by atoms with Gasteiger partial charge in [-0.05, 0) is 52.8 Å². The second-order valence-corrected chi connectivity index (χ2v) is 5.82. The highest BCUT2D eigenvalue weighted by Crippen LogP contribution is 2.40. The van der Waals surface area contributed by atoms with Gasteiger partial charge in [0.1, 0.15) is 0 Å². The number of nitrogens with two attached hydrogens (primary N) is 1. The molecule has 0 atom stereocenters. The summed E-state index contributed by atoms with van der Waals surface area (Å²) in [6, 6.07) is 19.0. The Morgan fingerprint density at radius 3 is 2.59 bits per heavy atom. The summed E-state index contributed by atoms with van der Waals surface area (Å²) in [5, 5.41) is 0. The van der Waals surface area contributed by atoms with Gasteiger partial charge in [-0.25, -0.2) is 0 Å². The molecule has 2 aromatic carbocycles. The molecule has 2 N–H and O–H groups in total. The van der Waals surface area contributed by atoms with Crippen molar-refractivity contribution >= 4 is 5.69 Å². The van der Waals surface area contributed by atoms with E-state index in [2.05, 4.69) is 47.4 Å². The largest absolute Gasteiger partial charge is 0.398 e. The summed E-state index contributed by atoms with van der Waals surface area (Å²) >= 11 is 0. The lowest BCUT2D eigenvalue weighted by Gasteiger charge is -2.11. The van der Waals surface area contributed by atoms with Crippen molar-refractivity contribution in [3.05, 3.63) is 83.2 Å². The Morgan fingerprint density at radius 2 is 1.73 bits per heavy atom. The number of fused-ring (bicyclic) bond motifs is 3. The van der Waals surface area contributed by atoms with E-state index in [1.807, 2.05) is 18.3 Å². The Labute approximate surface area is 130 Å². The highest BCUT2D eigenvalue weighted by atomic mass is 14.7. The smallest absolute Gasteiger partial charge is 0.0406 e. The zero-order valence-corrected chi connectivity index (χ0v) is 12.4. The molecule has 4 rings (SSSR count). The van der Waals surface area contributed by atoms with Gasteiger partial charge >= 0.3 is 0 Å². The molecule has 3 aromatic rings. The van der Waals surface area contributed by atoms with Gasteiger partial charge in [-0.15, -0.1) is 0 Å². The summed E-state index contributed by atoms with van der Waals surface area (Å²) < 4.78 is 0. The molecule has 2 nitrogen and oxygen atoms in total. The quantitative estimate of drug-likeness (QED) is 0.578. The van der Waals surface area contributed by atoms with Crippen LogP contribution in [0.25, 0.3) is 11.1 Å². The highest BCUT2D eigenvalue weighted by Gasteiger charge is 2.21. The van der Waals surface area contributed by atoms with Crippen LogP contribution in [0.2, 0.25) is 0 Å². The van der Waals surface area contributed by atoms with E-state index in [-0.39, 0.29) is 0 Å². The van der Waals surface area contributed by atoms with Crippen LogP contribution in [0.4, 0.5) is 5.69 Å². The molecule has 0 bridgehead atoms. The van der Waals surface area contributed by atoms with Gasteiger partial charge in [0, 0.05) is 24.0 Å². The summed E-state index contributed by atoms with van der Waals surface area (Å²) in [6.45, 7) is 0. The minimum Gasteiger partial charge on any atom is -0.398 e. The van der Waals surface area contributed by atoms with E-state index in [4.69, 9.17) is 5.73 Å². The van der Waals surface area contributed by atoms with Crippen LogP contribution in [0, 0.1) is 0 Å². The number of rotatable bonds is 3. The van der Waals surface area contributed by atoms with Crippen LogP contribution >= 0.6 is 0 Å². The number of hydrogen-bond donors (Lipinski definition) is 1. The van der Waals surface area contributed by atoms with Crippen molar-refractivity contribution in [3.8, 4) is 11.1 Å².